The van der Waals surface area contributed by atoms with Crippen LogP contribution in [0.3, 0.4) is 0 Å². The minimum atomic E-state index is -0.520. The molecule has 0 aliphatic carbocycles. The van der Waals surface area contributed by atoms with Gasteiger partial charge in [-0.3, -0.25) is 9.59 Å². The van der Waals surface area contributed by atoms with Crippen LogP contribution in [-0.4, -0.2) is 23.3 Å². The van der Waals surface area contributed by atoms with Crippen molar-refractivity contribution in [3.63, 3.8) is 0 Å². The molecule has 0 atom stereocenters. The van der Waals surface area contributed by atoms with Crippen LogP contribution in [0.1, 0.15) is 26.7 Å². The molecule has 2 aromatic rings. The van der Waals surface area contributed by atoms with Crippen LogP contribution in [0.4, 0.5) is 0 Å². The predicted octanol–water partition coefficient (Wildman–Crippen LogP) is 2.12. The first kappa shape index (κ1) is 16.7. The van der Waals surface area contributed by atoms with Gasteiger partial charge in [0, 0.05) is 11.0 Å². The topological polar surface area (TPSA) is 84.2 Å². The highest BCUT2D eigenvalue weighted by molar-refractivity contribution is 5.87. The van der Waals surface area contributed by atoms with Gasteiger partial charge in [-0.1, -0.05) is 51.1 Å². The van der Waals surface area contributed by atoms with Crippen molar-refractivity contribution in [2.24, 2.45) is 5.41 Å². The van der Waals surface area contributed by atoms with Gasteiger partial charge in [-0.2, -0.15) is 0 Å². The molecular weight excluding hydrogens is 294 g/mol. The summed E-state index contributed by atoms with van der Waals surface area (Å²) in [5.41, 5.74) is 0.406. The Morgan fingerprint density at radius 2 is 1.83 bits per heavy atom. The Balaban J connectivity index is 1.81. The van der Waals surface area contributed by atoms with Crippen LogP contribution in [0, 0.1) is 5.41 Å². The number of nitrogens with zero attached hydrogens (tertiary/aromatic N) is 1. The van der Waals surface area contributed by atoms with Crippen LogP contribution in [0.2, 0.25) is 0 Å². The van der Waals surface area contributed by atoms with E-state index in [-0.39, 0.29) is 24.9 Å². The number of rotatable bonds is 5. The molecular formula is C17H21N3O3. The highest BCUT2D eigenvalue weighted by atomic mass is 16.4. The molecule has 0 spiro atoms. The fraction of sp³-hybridized carbons (Fsp3) is 0.353. The van der Waals surface area contributed by atoms with Gasteiger partial charge >= 0.3 is 0 Å². The molecule has 0 fully saturated rings. The van der Waals surface area contributed by atoms with Crippen molar-refractivity contribution in [3.05, 3.63) is 42.4 Å². The largest absolute Gasteiger partial charge is 0.439 e. The maximum absolute atomic E-state index is 11.7. The number of hydrogen-bond donors (Lipinski definition) is 2. The minimum Gasteiger partial charge on any atom is -0.439 e. The minimum absolute atomic E-state index is 0.0671. The molecule has 0 saturated heterocycles. The molecule has 2 amide bonds. The van der Waals surface area contributed by atoms with Gasteiger partial charge in [0.1, 0.15) is 0 Å². The van der Waals surface area contributed by atoms with Crippen LogP contribution in [0.5, 0.6) is 0 Å². The number of nitrogens with one attached hydrogen (secondary N) is 2. The first-order valence-electron chi connectivity index (χ1n) is 7.41. The van der Waals surface area contributed by atoms with Crippen molar-refractivity contribution in [2.75, 3.05) is 6.54 Å². The summed E-state index contributed by atoms with van der Waals surface area (Å²) in [6, 6.07) is 9.59. The van der Waals surface area contributed by atoms with Crippen LogP contribution in [0.25, 0.3) is 11.3 Å². The average Bonchev–Trinajstić information content (AvgIpc) is 2.99. The first-order valence-corrected chi connectivity index (χ1v) is 7.41. The Labute approximate surface area is 135 Å². The Morgan fingerprint density at radius 1 is 1.13 bits per heavy atom. The van der Waals surface area contributed by atoms with E-state index in [4.69, 9.17) is 4.42 Å². The molecule has 23 heavy (non-hydrogen) atoms. The quantitative estimate of drug-likeness (QED) is 0.885. The fourth-order valence-electron chi connectivity index (χ4n) is 1.79. The lowest BCUT2D eigenvalue weighted by Gasteiger charge is -2.17. The first-order chi connectivity index (χ1) is 10.9. The highest BCUT2D eigenvalue weighted by Crippen LogP contribution is 2.19. The van der Waals surface area contributed by atoms with Crippen LogP contribution < -0.4 is 10.6 Å². The monoisotopic (exact) mass is 315 g/mol. The van der Waals surface area contributed by atoms with Crippen molar-refractivity contribution >= 4 is 11.8 Å². The molecule has 1 aromatic carbocycles. The normalized spacial score (nSPS) is 11.1. The predicted molar refractivity (Wildman–Crippen MR) is 86.3 cm³/mol. The number of benzene rings is 1. The number of oxazole rings is 1. The van der Waals surface area contributed by atoms with Gasteiger partial charge in [-0.05, 0) is 0 Å². The third-order valence-corrected chi connectivity index (χ3v) is 3.14. The number of carbonyl (C=O) groups is 2. The Hall–Kier alpha value is -2.63. The Kier molecular flexibility index (Phi) is 5.16. The lowest BCUT2D eigenvalue weighted by molar-refractivity contribution is -0.131. The van der Waals surface area contributed by atoms with E-state index in [1.165, 1.54) is 0 Å². The molecule has 6 nitrogen and oxygen atoms in total. The van der Waals surface area contributed by atoms with Crippen LogP contribution in [-0.2, 0) is 16.1 Å². The summed E-state index contributed by atoms with van der Waals surface area (Å²) >= 11 is 0. The second-order valence-electron chi connectivity index (χ2n) is 6.19. The molecule has 2 N–H and O–H groups in total. The van der Waals surface area contributed by atoms with Gasteiger partial charge < -0.3 is 15.1 Å². The van der Waals surface area contributed by atoms with Gasteiger partial charge in [0.05, 0.1) is 19.3 Å². The smallest absolute Gasteiger partial charge is 0.239 e. The van der Waals surface area contributed by atoms with Gasteiger partial charge in [-0.15, -0.1) is 0 Å². The SMILES string of the molecule is CC(C)(C)C(=O)NCC(=O)NCc1ncc(-c2ccccc2)o1. The van der Waals surface area contributed by atoms with Crippen molar-refractivity contribution in [2.45, 2.75) is 27.3 Å². The number of aromatic nitrogens is 1. The molecule has 6 heteroatoms. The molecule has 1 aromatic heterocycles. The second kappa shape index (κ2) is 7.09. The van der Waals surface area contributed by atoms with E-state index in [0.717, 1.165) is 5.56 Å². The van der Waals surface area contributed by atoms with Crippen LogP contribution >= 0.6 is 0 Å². The number of hydrogen-bond acceptors (Lipinski definition) is 4. The van der Waals surface area contributed by atoms with E-state index in [1.54, 1.807) is 27.0 Å². The molecule has 0 radical (unpaired) electrons. The van der Waals surface area contributed by atoms with E-state index in [9.17, 15) is 9.59 Å². The summed E-state index contributed by atoms with van der Waals surface area (Å²) in [4.78, 5) is 27.5. The number of amides is 2. The highest BCUT2D eigenvalue weighted by Gasteiger charge is 2.21. The van der Waals surface area contributed by atoms with E-state index in [2.05, 4.69) is 15.6 Å². The molecule has 0 aliphatic rings. The fourth-order valence-corrected chi connectivity index (χ4v) is 1.79. The summed E-state index contributed by atoms with van der Waals surface area (Å²) in [6.45, 7) is 5.48. The van der Waals surface area contributed by atoms with E-state index in [0.29, 0.717) is 11.7 Å². The standard InChI is InChI=1S/C17H21N3O3/c1-17(2,3)16(22)20-10-14(21)18-11-15-19-9-13(23-15)12-7-5-4-6-8-12/h4-9H,10-11H2,1-3H3,(H,18,21)(H,20,22). The Bertz CT molecular complexity index is 672. The maximum Gasteiger partial charge on any atom is 0.239 e. The molecule has 2 rings (SSSR count). The van der Waals surface area contributed by atoms with Gasteiger partial charge in [0.25, 0.3) is 0 Å². The summed E-state index contributed by atoms with van der Waals surface area (Å²) in [7, 11) is 0. The average molecular weight is 315 g/mol. The zero-order valence-electron chi connectivity index (χ0n) is 13.6. The maximum atomic E-state index is 11.7. The zero-order chi connectivity index (χ0) is 16.9. The lowest BCUT2D eigenvalue weighted by atomic mass is 9.96. The third-order valence-electron chi connectivity index (χ3n) is 3.14. The summed E-state index contributed by atoms with van der Waals surface area (Å²) in [5.74, 6) is 0.604. The summed E-state index contributed by atoms with van der Waals surface area (Å²) < 4.78 is 5.59. The summed E-state index contributed by atoms with van der Waals surface area (Å²) in [5, 5.41) is 5.25. The molecule has 122 valence electrons. The molecule has 0 aliphatic heterocycles. The van der Waals surface area contributed by atoms with E-state index in [1.807, 2.05) is 30.3 Å². The molecule has 0 saturated carbocycles. The van der Waals surface area contributed by atoms with Crippen molar-refractivity contribution in [3.8, 4) is 11.3 Å². The summed E-state index contributed by atoms with van der Waals surface area (Å²) in [6.07, 6.45) is 1.62. The van der Waals surface area contributed by atoms with Gasteiger partial charge in [0.15, 0.2) is 5.76 Å². The molecule has 0 bridgehead atoms. The van der Waals surface area contributed by atoms with Crippen LogP contribution in [0.15, 0.2) is 40.9 Å². The van der Waals surface area contributed by atoms with Crippen molar-refractivity contribution in [1.82, 2.24) is 15.6 Å². The molecule has 1 heterocycles. The van der Waals surface area contributed by atoms with E-state index < -0.39 is 5.41 Å². The zero-order valence-corrected chi connectivity index (χ0v) is 13.6. The third kappa shape index (κ3) is 4.95. The number of carbonyl (C=O) groups excluding carboxylic acids is 2. The Morgan fingerprint density at radius 3 is 2.48 bits per heavy atom. The van der Waals surface area contributed by atoms with Crippen molar-refractivity contribution in [1.29, 1.82) is 0 Å². The second-order valence-corrected chi connectivity index (χ2v) is 6.19. The lowest BCUT2D eigenvalue weighted by Crippen LogP contribution is -2.41. The molecule has 0 unspecified atom stereocenters. The van der Waals surface area contributed by atoms with Gasteiger partial charge in [0.2, 0.25) is 17.7 Å². The van der Waals surface area contributed by atoms with E-state index >= 15 is 0 Å². The van der Waals surface area contributed by atoms with Gasteiger partial charge in [-0.25, -0.2) is 4.98 Å². The van der Waals surface area contributed by atoms with Crippen molar-refractivity contribution < 1.29 is 14.0 Å².